The van der Waals surface area contributed by atoms with Gasteiger partial charge < -0.3 is 10.6 Å². The Hall–Kier alpha value is -1.35. The lowest BCUT2D eigenvalue weighted by Crippen LogP contribution is -2.41. The van der Waals surface area contributed by atoms with Crippen LogP contribution in [0.15, 0.2) is 30.3 Å². The number of amides is 1. The van der Waals surface area contributed by atoms with Gasteiger partial charge in [-0.3, -0.25) is 4.79 Å². The molecule has 1 aliphatic heterocycles. The summed E-state index contributed by atoms with van der Waals surface area (Å²) in [5.74, 6) is 0.119. The molecule has 86 valence electrons. The van der Waals surface area contributed by atoms with Crippen LogP contribution in [0.1, 0.15) is 31.4 Å². The molecule has 1 aromatic rings. The number of carbonyl (C=O) groups is 1. The predicted molar refractivity (Wildman–Crippen MR) is 64.0 cm³/mol. The van der Waals surface area contributed by atoms with Crippen molar-refractivity contribution >= 4 is 5.91 Å². The van der Waals surface area contributed by atoms with E-state index in [1.165, 1.54) is 0 Å². The molecular weight excluding hydrogens is 200 g/mol. The molecule has 16 heavy (non-hydrogen) atoms. The van der Waals surface area contributed by atoms with Crippen molar-refractivity contribution in [3.05, 3.63) is 35.9 Å². The van der Waals surface area contributed by atoms with Gasteiger partial charge in [-0.05, 0) is 31.9 Å². The molecule has 0 saturated carbocycles. The van der Waals surface area contributed by atoms with Crippen LogP contribution in [0.5, 0.6) is 0 Å². The first kappa shape index (κ1) is 11.1. The van der Waals surface area contributed by atoms with Gasteiger partial charge in [-0.25, -0.2) is 0 Å². The largest absolute Gasteiger partial charge is 0.348 e. The predicted octanol–water partition coefficient (Wildman–Crippen LogP) is 1.62. The summed E-state index contributed by atoms with van der Waals surface area (Å²) < 4.78 is 0. The van der Waals surface area contributed by atoms with Crippen LogP contribution in [-0.2, 0) is 4.79 Å². The lowest BCUT2D eigenvalue weighted by Gasteiger charge is -2.17. The van der Waals surface area contributed by atoms with Crippen molar-refractivity contribution in [2.24, 2.45) is 0 Å². The molecule has 0 radical (unpaired) electrons. The first-order valence-corrected chi connectivity index (χ1v) is 5.86. The van der Waals surface area contributed by atoms with Crippen LogP contribution in [0.25, 0.3) is 0 Å². The van der Waals surface area contributed by atoms with Gasteiger partial charge in [0.25, 0.3) is 0 Å². The summed E-state index contributed by atoms with van der Waals surface area (Å²) in [6, 6.07) is 10.1. The first-order chi connectivity index (χ1) is 7.77. The van der Waals surface area contributed by atoms with E-state index in [0.717, 1.165) is 24.9 Å². The fourth-order valence-corrected chi connectivity index (χ4v) is 2.05. The summed E-state index contributed by atoms with van der Waals surface area (Å²) in [5.41, 5.74) is 1.15. The van der Waals surface area contributed by atoms with Crippen LogP contribution in [0.4, 0.5) is 0 Å². The van der Waals surface area contributed by atoms with E-state index in [2.05, 4.69) is 10.6 Å². The minimum atomic E-state index is 0.00571. The molecule has 0 aliphatic carbocycles. The van der Waals surface area contributed by atoms with E-state index >= 15 is 0 Å². The molecule has 1 heterocycles. The van der Waals surface area contributed by atoms with Crippen LogP contribution < -0.4 is 10.6 Å². The minimum Gasteiger partial charge on any atom is -0.348 e. The van der Waals surface area contributed by atoms with E-state index in [9.17, 15) is 4.79 Å². The molecule has 3 nitrogen and oxygen atoms in total. The second-order valence-electron chi connectivity index (χ2n) is 4.29. The van der Waals surface area contributed by atoms with Gasteiger partial charge >= 0.3 is 0 Å². The van der Waals surface area contributed by atoms with Crippen molar-refractivity contribution in [2.45, 2.75) is 31.8 Å². The summed E-state index contributed by atoms with van der Waals surface area (Å²) in [4.78, 5) is 11.9. The summed E-state index contributed by atoms with van der Waals surface area (Å²) >= 11 is 0. The summed E-state index contributed by atoms with van der Waals surface area (Å²) in [5, 5.41) is 6.24. The molecule has 0 unspecified atom stereocenters. The van der Waals surface area contributed by atoms with Gasteiger partial charge in [-0.15, -0.1) is 0 Å². The van der Waals surface area contributed by atoms with Gasteiger partial charge in [0.15, 0.2) is 0 Å². The highest BCUT2D eigenvalue weighted by atomic mass is 16.2. The molecule has 0 spiro atoms. The van der Waals surface area contributed by atoms with Crippen LogP contribution in [0.2, 0.25) is 0 Å². The van der Waals surface area contributed by atoms with E-state index in [0.29, 0.717) is 0 Å². The standard InChI is InChI=1S/C13H18N2O/c1-10(11-6-3-2-4-7-11)15-13(16)12-8-5-9-14-12/h2-4,6-7,10,12,14H,5,8-9H2,1H3,(H,15,16)/t10-,12+/m0/s1. The third-order valence-electron chi connectivity index (χ3n) is 3.04. The molecular formula is C13H18N2O. The number of hydrogen-bond donors (Lipinski definition) is 2. The molecule has 0 bridgehead atoms. The quantitative estimate of drug-likeness (QED) is 0.809. The summed E-state index contributed by atoms with van der Waals surface area (Å²) in [7, 11) is 0. The van der Waals surface area contributed by atoms with E-state index in [1.54, 1.807) is 0 Å². The second-order valence-corrected chi connectivity index (χ2v) is 4.29. The van der Waals surface area contributed by atoms with Crippen molar-refractivity contribution in [3.63, 3.8) is 0 Å². The van der Waals surface area contributed by atoms with Gasteiger partial charge in [0.05, 0.1) is 12.1 Å². The van der Waals surface area contributed by atoms with Crippen LogP contribution in [0.3, 0.4) is 0 Å². The van der Waals surface area contributed by atoms with Crippen LogP contribution in [0, 0.1) is 0 Å². The maximum atomic E-state index is 11.9. The Morgan fingerprint density at radius 2 is 2.19 bits per heavy atom. The zero-order valence-corrected chi connectivity index (χ0v) is 9.57. The van der Waals surface area contributed by atoms with E-state index in [1.807, 2.05) is 37.3 Å². The van der Waals surface area contributed by atoms with Gasteiger partial charge in [-0.2, -0.15) is 0 Å². The number of carbonyl (C=O) groups excluding carboxylic acids is 1. The van der Waals surface area contributed by atoms with Crippen molar-refractivity contribution in [1.82, 2.24) is 10.6 Å². The first-order valence-electron chi connectivity index (χ1n) is 5.86. The van der Waals surface area contributed by atoms with Crippen molar-refractivity contribution in [3.8, 4) is 0 Å². The number of rotatable bonds is 3. The average molecular weight is 218 g/mol. The number of nitrogens with one attached hydrogen (secondary N) is 2. The topological polar surface area (TPSA) is 41.1 Å². The van der Waals surface area contributed by atoms with E-state index < -0.39 is 0 Å². The number of benzene rings is 1. The number of hydrogen-bond acceptors (Lipinski definition) is 2. The Bertz CT molecular complexity index is 344. The maximum Gasteiger partial charge on any atom is 0.237 e. The maximum absolute atomic E-state index is 11.9. The van der Waals surface area contributed by atoms with Crippen LogP contribution in [-0.4, -0.2) is 18.5 Å². The van der Waals surface area contributed by atoms with Gasteiger partial charge in [0.1, 0.15) is 0 Å². The fourth-order valence-electron chi connectivity index (χ4n) is 2.05. The molecule has 3 heteroatoms. The molecule has 1 aliphatic rings. The smallest absolute Gasteiger partial charge is 0.237 e. The average Bonchev–Trinajstić information content (AvgIpc) is 2.83. The van der Waals surface area contributed by atoms with Gasteiger partial charge in [0.2, 0.25) is 5.91 Å². The second kappa shape index (κ2) is 5.12. The Labute approximate surface area is 96.2 Å². The highest BCUT2D eigenvalue weighted by Crippen LogP contribution is 2.12. The summed E-state index contributed by atoms with van der Waals surface area (Å²) in [6.45, 7) is 2.97. The zero-order valence-electron chi connectivity index (χ0n) is 9.57. The van der Waals surface area contributed by atoms with Crippen molar-refractivity contribution in [1.29, 1.82) is 0 Å². The zero-order chi connectivity index (χ0) is 11.4. The highest BCUT2D eigenvalue weighted by molar-refractivity contribution is 5.82. The van der Waals surface area contributed by atoms with Crippen LogP contribution >= 0.6 is 0 Å². The van der Waals surface area contributed by atoms with Gasteiger partial charge in [0, 0.05) is 0 Å². The van der Waals surface area contributed by atoms with Gasteiger partial charge in [-0.1, -0.05) is 30.3 Å². The van der Waals surface area contributed by atoms with E-state index in [4.69, 9.17) is 0 Å². The third-order valence-corrected chi connectivity index (χ3v) is 3.04. The lowest BCUT2D eigenvalue weighted by atomic mass is 10.1. The van der Waals surface area contributed by atoms with E-state index in [-0.39, 0.29) is 18.0 Å². The molecule has 1 fully saturated rings. The molecule has 0 aromatic heterocycles. The Balaban J connectivity index is 1.92. The fraction of sp³-hybridized carbons (Fsp3) is 0.462. The normalized spacial score (nSPS) is 21.7. The molecule has 2 rings (SSSR count). The summed E-state index contributed by atoms with van der Waals surface area (Å²) in [6.07, 6.45) is 2.05. The SMILES string of the molecule is C[C@H](NC(=O)[C@H]1CCCN1)c1ccccc1. The third kappa shape index (κ3) is 2.61. The lowest BCUT2D eigenvalue weighted by molar-refractivity contribution is -0.123. The highest BCUT2D eigenvalue weighted by Gasteiger charge is 2.23. The molecule has 1 aromatic carbocycles. The molecule has 1 amide bonds. The Morgan fingerprint density at radius 1 is 1.44 bits per heavy atom. The van der Waals surface area contributed by atoms with Crippen molar-refractivity contribution < 1.29 is 4.79 Å². The molecule has 2 N–H and O–H groups in total. The Morgan fingerprint density at radius 3 is 2.81 bits per heavy atom. The molecule has 1 saturated heterocycles. The minimum absolute atomic E-state index is 0.00571. The Kier molecular flexibility index (Phi) is 3.57. The molecule has 2 atom stereocenters. The van der Waals surface area contributed by atoms with Crippen molar-refractivity contribution in [2.75, 3.05) is 6.54 Å². The monoisotopic (exact) mass is 218 g/mol.